The van der Waals surface area contributed by atoms with Gasteiger partial charge in [-0.1, -0.05) is 60.2 Å². The van der Waals surface area contributed by atoms with Gasteiger partial charge in [-0.15, -0.1) is 0 Å². The Morgan fingerprint density at radius 3 is 2.55 bits per heavy atom. The first kappa shape index (κ1) is 21.0. The molecule has 31 heavy (non-hydrogen) atoms. The minimum absolute atomic E-state index is 0.0393. The molecule has 1 aromatic heterocycles. The largest absolute Gasteiger partial charge is 0.310 e. The minimum Gasteiger partial charge on any atom is -0.310 e. The molecule has 1 N–H and O–H groups in total. The summed E-state index contributed by atoms with van der Waals surface area (Å²) in [5.74, 6) is 0.890. The van der Waals surface area contributed by atoms with Crippen LogP contribution in [0.1, 0.15) is 34.3 Å². The summed E-state index contributed by atoms with van der Waals surface area (Å²) in [5.41, 5.74) is 3.12. The summed E-state index contributed by atoms with van der Waals surface area (Å²) in [6.07, 6.45) is 3.27. The Balaban J connectivity index is 1.28. The lowest BCUT2D eigenvalue weighted by Crippen LogP contribution is -2.41. The Kier molecular flexibility index (Phi) is 6.57. The van der Waals surface area contributed by atoms with E-state index in [0.29, 0.717) is 18.9 Å². The number of hydrogen-bond donors (Lipinski definition) is 1. The van der Waals surface area contributed by atoms with Crippen molar-refractivity contribution in [3.05, 3.63) is 83.6 Å². The predicted molar refractivity (Wildman–Crippen MR) is 121 cm³/mol. The highest BCUT2D eigenvalue weighted by atomic mass is 16.2. The molecule has 2 aromatic carbocycles. The van der Waals surface area contributed by atoms with Crippen LogP contribution in [0.25, 0.3) is 0 Å². The maximum Gasteiger partial charge on any atom is 0.239 e. The van der Waals surface area contributed by atoms with Crippen LogP contribution in [0.15, 0.2) is 66.9 Å². The zero-order chi connectivity index (χ0) is 21.6. The second-order valence-electron chi connectivity index (χ2n) is 8.19. The third kappa shape index (κ3) is 5.47. The van der Waals surface area contributed by atoms with E-state index in [-0.39, 0.29) is 17.6 Å². The summed E-state index contributed by atoms with van der Waals surface area (Å²) in [6.45, 7) is 4.49. The molecule has 1 saturated heterocycles. The fourth-order valence-electron chi connectivity index (χ4n) is 4.13. The summed E-state index contributed by atoms with van der Waals surface area (Å²) in [4.78, 5) is 27.4. The van der Waals surface area contributed by atoms with Crippen molar-refractivity contribution in [2.75, 3.05) is 25.0 Å². The van der Waals surface area contributed by atoms with Gasteiger partial charge in [0.05, 0.1) is 19.3 Å². The van der Waals surface area contributed by atoms with Gasteiger partial charge in [0.15, 0.2) is 5.78 Å². The SMILES string of the molecule is Cc1cccc(Cn2nccc2NC(=O)CN2CCC(C(=O)c3ccccc3)CC2)c1. The van der Waals surface area contributed by atoms with E-state index in [1.165, 1.54) is 5.56 Å². The summed E-state index contributed by atoms with van der Waals surface area (Å²) in [6, 6.07) is 19.6. The second-order valence-corrected chi connectivity index (χ2v) is 8.19. The van der Waals surface area contributed by atoms with Gasteiger partial charge in [-0.3, -0.25) is 14.5 Å². The zero-order valence-corrected chi connectivity index (χ0v) is 17.8. The van der Waals surface area contributed by atoms with Gasteiger partial charge < -0.3 is 5.32 Å². The van der Waals surface area contributed by atoms with Crippen molar-refractivity contribution in [2.24, 2.45) is 5.92 Å². The summed E-state index contributed by atoms with van der Waals surface area (Å²) < 4.78 is 1.80. The van der Waals surface area contributed by atoms with Crippen LogP contribution in [0, 0.1) is 12.8 Å². The first-order valence-electron chi connectivity index (χ1n) is 10.8. The summed E-state index contributed by atoms with van der Waals surface area (Å²) in [7, 11) is 0. The average Bonchev–Trinajstić information content (AvgIpc) is 3.20. The number of amides is 1. The number of Topliss-reactive ketones (excluding diaryl/α,β-unsaturated/α-hetero) is 1. The van der Waals surface area contributed by atoms with Crippen LogP contribution in [-0.4, -0.2) is 46.0 Å². The summed E-state index contributed by atoms with van der Waals surface area (Å²) in [5, 5.41) is 7.34. The Labute approximate surface area is 182 Å². The maximum atomic E-state index is 12.6. The molecule has 0 spiro atoms. The number of piperidine rings is 1. The van der Waals surface area contributed by atoms with E-state index in [1.54, 1.807) is 10.9 Å². The fraction of sp³-hybridized carbons (Fsp3) is 0.320. The Hall–Kier alpha value is -3.25. The van der Waals surface area contributed by atoms with Crippen molar-refractivity contribution in [2.45, 2.75) is 26.3 Å². The number of carbonyl (C=O) groups excluding carboxylic acids is 2. The van der Waals surface area contributed by atoms with E-state index in [2.05, 4.69) is 40.4 Å². The Morgan fingerprint density at radius 2 is 1.81 bits per heavy atom. The summed E-state index contributed by atoms with van der Waals surface area (Å²) >= 11 is 0. The van der Waals surface area contributed by atoms with Gasteiger partial charge in [-0.25, -0.2) is 4.68 Å². The van der Waals surface area contributed by atoms with Gasteiger partial charge in [-0.2, -0.15) is 5.10 Å². The van der Waals surface area contributed by atoms with E-state index in [9.17, 15) is 9.59 Å². The fourth-order valence-corrected chi connectivity index (χ4v) is 4.13. The van der Waals surface area contributed by atoms with Crippen LogP contribution in [0.5, 0.6) is 0 Å². The molecular weight excluding hydrogens is 388 g/mol. The monoisotopic (exact) mass is 416 g/mol. The highest BCUT2D eigenvalue weighted by Crippen LogP contribution is 2.22. The standard InChI is InChI=1S/C25H28N4O2/c1-19-6-5-7-20(16-19)17-29-23(10-13-26-29)27-24(30)18-28-14-11-22(12-15-28)25(31)21-8-3-2-4-9-21/h2-10,13,16,22H,11-12,14-15,17-18H2,1H3,(H,27,30). The molecule has 1 fully saturated rings. The number of likely N-dealkylation sites (tertiary alicyclic amines) is 1. The molecule has 0 atom stereocenters. The normalized spacial score (nSPS) is 15.0. The van der Waals surface area contributed by atoms with Crippen LogP contribution in [0.3, 0.4) is 0 Å². The number of nitrogens with zero attached hydrogens (tertiary/aromatic N) is 3. The lowest BCUT2D eigenvalue weighted by molar-refractivity contribution is -0.117. The van der Waals surface area contributed by atoms with Crippen molar-refractivity contribution in [3.63, 3.8) is 0 Å². The van der Waals surface area contributed by atoms with Crippen molar-refractivity contribution < 1.29 is 9.59 Å². The molecule has 1 aliphatic rings. The van der Waals surface area contributed by atoms with Gasteiger partial charge in [0, 0.05) is 17.5 Å². The molecule has 0 saturated carbocycles. The maximum absolute atomic E-state index is 12.6. The third-order valence-corrected chi connectivity index (χ3v) is 5.78. The molecule has 1 aliphatic heterocycles. The zero-order valence-electron chi connectivity index (χ0n) is 17.8. The molecule has 1 amide bonds. The molecule has 160 valence electrons. The van der Waals surface area contributed by atoms with E-state index in [1.807, 2.05) is 42.5 Å². The number of ketones is 1. The van der Waals surface area contributed by atoms with Gasteiger partial charge in [0.2, 0.25) is 5.91 Å². The highest BCUT2D eigenvalue weighted by molar-refractivity contribution is 5.98. The van der Waals surface area contributed by atoms with Crippen LogP contribution >= 0.6 is 0 Å². The van der Waals surface area contributed by atoms with Gasteiger partial charge in [-0.05, 0) is 38.4 Å². The van der Waals surface area contributed by atoms with E-state index < -0.39 is 0 Å². The second kappa shape index (κ2) is 9.71. The molecule has 3 aromatic rings. The number of aromatic nitrogens is 2. The molecule has 6 heteroatoms. The number of aryl methyl sites for hydroxylation is 1. The smallest absolute Gasteiger partial charge is 0.239 e. The lowest BCUT2D eigenvalue weighted by atomic mass is 9.89. The molecule has 0 bridgehead atoms. The van der Waals surface area contributed by atoms with Crippen LogP contribution < -0.4 is 5.32 Å². The van der Waals surface area contributed by atoms with Crippen molar-refractivity contribution in [1.82, 2.24) is 14.7 Å². The lowest BCUT2D eigenvalue weighted by Gasteiger charge is -2.30. The van der Waals surface area contributed by atoms with E-state index in [4.69, 9.17) is 0 Å². The van der Waals surface area contributed by atoms with Gasteiger partial charge in [0.25, 0.3) is 0 Å². The molecule has 0 unspecified atom stereocenters. The predicted octanol–water partition coefficient (Wildman–Crippen LogP) is 3.77. The number of benzene rings is 2. The number of rotatable bonds is 7. The number of nitrogens with one attached hydrogen (secondary N) is 1. The number of carbonyl (C=O) groups is 2. The topological polar surface area (TPSA) is 67.2 Å². The van der Waals surface area contributed by atoms with Crippen molar-refractivity contribution >= 4 is 17.5 Å². The Morgan fingerprint density at radius 1 is 1.03 bits per heavy atom. The molecule has 2 heterocycles. The highest BCUT2D eigenvalue weighted by Gasteiger charge is 2.26. The van der Waals surface area contributed by atoms with Gasteiger partial charge in [0.1, 0.15) is 5.82 Å². The minimum atomic E-state index is -0.0566. The molecular formula is C25H28N4O2. The van der Waals surface area contributed by atoms with E-state index in [0.717, 1.165) is 37.1 Å². The van der Waals surface area contributed by atoms with Gasteiger partial charge >= 0.3 is 0 Å². The first-order chi connectivity index (χ1) is 15.1. The molecule has 6 nitrogen and oxygen atoms in total. The van der Waals surface area contributed by atoms with Crippen LogP contribution in [0.2, 0.25) is 0 Å². The Bertz CT molecular complexity index is 1040. The average molecular weight is 417 g/mol. The first-order valence-corrected chi connectivity index (χ1v) is 10.8. The van der Waals surface area contributed by atoms with Crippen LogP contribution in [0.4, 0.5) is 5.82 Å². The molecule has 0 aliphatic carbocycles. The van der Waals surface area contributed by atoms with Crippen molar-refractivity contribution in [1.29, 1.82) is 0 Å². The van der Waals surface area contributed by atoms with Crippen LogP contribution in [-0.2, 0) is 11.3 Å². The molecule has 4 rings (SSSR count). The van der Waals surface area contributed by atoms with Crippen molar-refractivity contribution in [3.8, 4) is 0 Å². The van der Waals surface area contributed by atoms with E-state index >= 15 is 0 Å². The third-order valence-electron chi connectivity index (χ3n) is 5.78. The quantitative estimate of drug-likeness (QED) is 0.596. The number of anilines is 1. The number of hydrogen-bond acceptors (Lipinski definition) is 4. The molecule has 0 radical (unpaired) electrons.